The molecule has 3 heterocycles. The van der Waals surface area contributed by atoms with Gasteiger partial charge in [-0.3, -0.25) is 0 Å². The van der Waals surface area contributed by atoms with E-state index in [1.807, 2.05) is 0 Å². The van der Waals surface area contributed by atoms with Crippen molar-refractivity contribution in [1.82, 2.24) is 9.80 Å². The molecule has 3 fully saturated rings. The number of hydrogen-bond donors (Lipinski definition) is 0. The van der Waals surface area contributed by atoms with Crippen LogP contribution in [-0.2, 0) is 31.7 Å². The van der Waals surface area contributed by atoms with Gasteiger partial charge in [0.2, 0.25) is 0 Å². The van der Waals surface area contributed by atoms with Crippen LogP contribution in [0.1, 0.15) is 110 Å². The molecule has 0 aromatic heterocycles. The van der Waals surface area contributed by atoms with Crippen molar-refractivity contribution in [3.8, 4) is 0 Å². The van der Waals surface area contributed by atoms with E-state index < -0.39 is 43.4 Å². The Bertz CT molecular complexity index is 1640. The van der Waals surface area contributed by atoms with Crippen LogP contribution in [0.4, 0.5) is 8.78 Å². The Labute approximate surface area is 419 Å². The maximum absolute atomic E-state index is 13.4. The molecule has 0 radical (unpaired) electrons. The molecule has 348 valence electrons. The number of rotatable bonds is 4. The van der Waals surface area contributed by atoms with E-state index >= 15 is 0 Å². The number of halogens is 7. The van der Waals surface area contributed by atoms with Crippen LogP contribution in [0.25, 0.3) is 5.41 Å². The Morgan fingerprint density at radius 2 is 1.00 bits per heavy atom. The minimum Gasteiger partial charge on any atom is -0.468 e. The number of benzene rings is 3. The molecule has 14 heteroatoms. The number of likely N-dealkylation sites (tertiary alicyclic amines) is 1. The second-order valence-corrected chi connectivity index (χ2v) is 29.1. The quantitative estimate of drug-likeness (QED) is 0.113. The Kier molecular flexibility index (Phi) is 30.1. The van der Waals surface area contributed by atoms with Gasteiger partial charge in [0.05, 0.1) is 0 Å². The number of nitrogens with zero attached hydrogens (tertiary/aromatic N) is 3. The monoisotopic (exact) mass is 1060 g/mol. The third-order valence-electron chi connectivity index (χ3n) is 13.5. The maximum Gasteiger partial charge on any atom is 0.133 e. The average molecular weight is 1060 g/mol. The molecule has 0 amide bonds. The third kappa shape index (κ3) is 16.4. The van der Waals surface area contributed by atoms with Crippen molar-refractivity contribution in [3.63, 3.8) is 0 Å². The van der Waals surface area contributed by atoms with E-state index in [1.165, 1.54) is 35.5 Å². The molecule has 0 spiro atoms. The predicted molar refractivity (Wildman–Crippen MR) is 267 cm³/mol. The summed E-state index contributed by atoms with van der Waals surface area (Å²) in [5.41, 5.74) is 2.93. The van der Waals surface area contributed by atoms with Gasteiger partial charge in [0.15, 0.2) is 0 Å². The first-order valence-corrected chi connectivity index (χ1v) is 33.9. The van der Waals surface area contributed by atoms with Crippen LogP contribution in [0.3, 0.4) is 0 Å². The topological polar surface area (TPSA) is 28.8 Å². The van der Waals surface area contributed by atoms with Gasteiger partial charge in [-0.2, -0.15) is 0 Å². The molecule has 2 aliphatic carbocycles. The van der Waals surface area contributed by atoms with Gasteiger partial charge in [-0.25, -0.2) is 8.78 Å². The number of piperidine rings is 1. The molecule has 1 saturated heterocycles. The van der Waals surface area contributed by atoms with Crippen molar-refractivity contribution in [1.29, 1.82) is 0 Å². The van der Waals surface area contributed by atoms with Gasteiger partial charge in [-0.1, -0.05) is 130 Å². The molecule has 2 saturated carbocycles. The Balaban J connectivity index is 0.000000399. The summed E-state index contributed by atoms with van der Waals surface area (Å²) in [5.74, 6) is 5.09. The van der Waals surface area contributed by atoms with Crippen molar-refractivity contribution in [2.75, 3.05) is 32.7 Å². The summed E-state index contributed by atoms with van der Waals surface area (Å²) in [6.45, 7) is 26.0. The third-order valence-corrected chi connectivity index (χ3v) is 16.7. The van der Waals surface area contributed by atoms with Crippen LogP contribution < -0.4 is 0 Å². The zero-order valence-corrected chi connectivity index (χ0v) is 47.1. The fourth-order valence-electron chi connectivity index (χ4n) is 9.41. The standard InChI is InChI=1S/2C14H18S.C12H13F2N2.C6H15N.2CH3.5ClH.2Ti/c2*1-8-9(2)13-11-6-4-5-7-12(11)15-14(13)10(8)3;13-9-5-4-6-10(14)11(9)12(15)16-7-2-1-3-8-16;1-4-7(5-2)6-3;;;;;;;;;/h2*4-10,13-14H,1-3H3;4-6H,1-3,7-8H2;4-6H2,1-3H3;2*1H3;5*1H;;/q;;-1;;2*-1;;;;;;+2;+4/p-5. The van der Waals surface area contributed by atoms with E-state index in [4.69, 9.17) is 46.5 Å². The van der Waals surface area contributed by atoms with Crippen molar-refractivity contribution in [2.45, 2.75) is 114 Å². The van der Waals surface area contributed by atoms with Crippen molar-refractivity contribution >= 4 is 75.9 Å². The molecule has 8 rings (SSSR count). The molecule has 62 heavy (non-hydrogen) atoms. The minimum absolute atomic E-state index is 0. The molecular weight excluding hydrogens is 994 g/mol. The van der Waals surface area contributed by atoms with Gasteiger partial charge < -0.3 is 30.1 Å². The summed E-state index contributed by atoms with van der Waals surface area (Å²) >= 11 is 1.77. The fourth-order valence-corrected chi connectivity index (χ4v) is 13.0. The van der Waals surface area contributed by atoms with Gasteiger partial charge in [0.1, 0.15) is 11.6 Å². The number of amidine groups is 1. The van der Waals surface area contributed by atoms with E-state index in [0.29, 0.717) is 13.1 Å². The van der Waals surface area contributed by atoms with Crippen LogP contribution in [0, 0.1) is 62.0 Å². The van der Waals surface area contributed by atoms with Crippen molar-refractivity contribution in [3.05, 3.63) is 115 Å². The summed E-state index contributed by atoms with van der Waals surface area (Å²) < 4.78 is 26.8. The van der Waals surface area contributed by atoms with Crippen molar-refractivity contribution < 1.29 is 40.5 Å². The maximum atomic E-state index is 13.4. The molecule has 0 bridgehead atoms. The molecular formula is C48H70Cl5F2N3S2Ti2-2. The average Bonchev–Trinajstić information content (AvgIpc) is 3.93. The van der Waals surface area contributed by atoms with Gasteiger partial charge in [-0.05, 0) is 104 Å². The summed E-state index contributed by atoms with van der Waals surface area (Å²) in [5, 5.41) is 11.5. The van der Waals surface area contributed by atoms with E-state index in [9.17, 15) is 14.2 Å². The fraction of sp³-hybridized carbons (Fsp3) is 0.562. The van der Waals surface area contributed by atoms with Crippen LogP contribution in [0.15, 0.2) is 76.5 Å². The van der Waals surface area contributed by atoms with Gasteiger partial charge >= 0.3 is 78.2 Å². The Hall–Kier alpha value is 0.529. The van der Waals surface area contributed by atoms with E-state index in [1.54, 1.807) is 16.0 Å². The molecule has 3 aromatic rings. The first kappa shape index (κ1) is 60.5. The summed E-state index contributed by atoms with van der Waals surface area (Å²) in [4.78, 5) is 7.08. The molecule has 3 aliphatic heterocycles. The van der Waals surface area contributed by atoms with Gasteiger partial charge in [0, 0.05) is 37.7 Å². The van der Waals surface area contributed by atoms with Crippen LogP contribution in [0.2, 0.25) is 0 Å². The first-order valence-electron chi connectivity index (χ1n) is 21.4. The van der Waals surface area contributed by atoms with Gasteiger partial charge in [0.25, 0.3) is 0 Å². The summed E-state index contributed by atoms with van der Waals surface area (Å²) in [6.07, 6.45) is 2.99. The largest absolute Gasteiger partial charge is 0.468 e. The second kappa shape index (κ2) is 30.8. The molecule has 3 aromatic carbocycles. The smallest absolute Gasteiger partial charge is 0.133 e. The zero-order valence-electron chi connectivity index (χ0n) is 38.6. The number of thioether (sulfide) groups is 2. The van der Waals surface area contributed by atoms with Crippen molar-refractivity contribution in [2.24, 2.45) is 35.5 Å². The first-order chi connectivity index (χ1) is 28.6. The molecule has 0 N–H and O–H groups in total. The normalized spacial score (nSPS) is 26.7. The number of hydrogen-bond acceptors (Lipinski definition) is 3. The molecule has 10 unspecified atom stereocenters. The SMILES string of the molecule is CC1C(C)C2Sc3ccccc3C2C1C.CC1C(C)C2Sc3ccccc3C2C1C.CCN(CC)CC.[CH3-].[CH3-].[Cl][Ti+]([Cl])[Cl].[Cl][Ti][Cl].[N-]=C(c1c(F)cccc1F)N1CCCCC1. The van der Waals surface area contributed by atoms with Crippen LogP contribution >= 0.6 is 70.0 Å². The minimum atomic E-state index is -1.92. The van der Waals surface area contributed by atoms with Gasteiger partial charge in [-0.15, -0.1) is 23.5 Å². The second-order valence-electron chi connectivity index (χ2n) is 16.3. The predicted octanol–water partition coefficient (Wildman–Crippen LogP) is 16.8. The zero-order chi connectivity index (χ0) is 44.7. The molecule has 5 aliphatic rings. The summed E-state index contributed by atoms with van der Waals surface area (Å²) in [6, 6.07) is 21.6. The van der Waals surface area contributed by atoms with E-state index in [2.05, 4.69) is 139 Å². The van der Waals surface area contributed by atoms with E-state index in [0.717, 1.165) is 89.2 Å². The van der Waals surface area contributed by atoms with E-state index in [-0.39, 0.29) is 26.3 Å². The number of fused-ring (bicyclic) bond motifs is 6. The molecule has 3 nitrogen and oxygen atoms in total. The Morgan fingerprint density at radius 3 is 1.34 bits per heavy atom. The molecule has 10 atom stereocenters. The summed E-state index contributed by atoms with van der Waals surface area (Å²) in [7, 11) is 24.7. The Morgan fingerprint density at radius 1 is 0.645 bits per heavy atom. The van der Waals surface area contributed by atoms with Crippen LogP contribution in [-0.4, -0.2) is 58.9 Å². The van der Waals surface area contributed by atoms with Crippen LogP contribution in [0.5, 0.6) is 0 Å².